The highest BCUT2D eigenvalue weighted by atomic mass is 16.5. The van der Waals surface area contributed by atoms with E-state index in [0.29, 0.717) is 12.1 Å². The van der Waals surface area contributed by atoms with Crippen LogP contribution in [0.5, 0.6) is 0 Å². The summed E-state index contributed by atoms with van der Waals surface area (Å²) in [6, 6.07) is 0.367. The smallest absolute Gasteiger partial charge is 0.0702 e. The van der Waals surface area contributed by atoms with E-state index in [1.165, 1.54) is 44.9 Å². The maximum Gasteiger partial charge on any atom is 0.0702 e. The van der Waals surface area contributed by atoms with Crippen LogP contribution in [0.3, 0.4) is 0 Å². The number of nitrogens with zero attached hydrogens (tertiary/aromatic N) is 1. The van der Waals surface area contributed by atoms with Crippen LogP contribution in [0.2, 0.25) is 0 Å². The van der Waals surface area contributed by atoms with Crippen LogP contribution in [-0.2, 0) is 4.74 Å². The van der Waals surface area contributed by atoms with Crippen LogP contribution >= 0.6 is 0 Å². The van der Waals surface area contributed by atoms with Gasteiger partial charge in [-0.15, -0.1) is 0 Å². The molecule has 2 N–H and O–H groups in total. The summed E-state index contributed by atoms with van der Waals surface area (Å²) >= 11 is 0. The second-order valence-corrected chi connectivity index (χ2v) is 6.05. The fourth-order valence-electron chi connectivity index (χ4n) is 3.42. The number of hydrogen-bond acceptors (Lipinski definition) is 3. The molecule has 0 amide bonds. The van der Waals surface area contributed by atoms with Gasteiger partial charge in [-0.25, -0.2) is 0 Å². The first-order valence-electron chi connectivity index (χ1n) is 7.89. The predicted octanol–water partition coefficient (Wildman–Crippen LogP) is 2.39. The largest absolute Gasteiger partial charge is 0.377 e. The van der Waals surface area contributed by atoms with Gasteiger partial charge in [-0.3, -0.25) is 4.90 Å². The van der Waals surface area contributed by atoms with E-state index in [9.17, 15) is 0 Å². The van der Waals surface area contributed by atoms with E-state index in [-0.39, 0.29) is 0 Å². The Hall–Kier alpha value is -0.120. The average molecular weight is 254 g/mol. The minimum absolute atomic E-state index is 0.367. The molecule has 106 valence electrons. The summed E-state index contributed by atoms with van der Waals surface area (Å²) in [6.45, 7) is 6.43. The fourth-order valence-corrected chi connectivity index (χ4v) is 3.42. The average Bonchev–Trinajstić information content (AvgIpc) is 2.91. The standard InChI is InChI=1S/C15H30N2O/c1-2-17(11-14-9-6-10-18-14)12-15(16)13-7-4-3-5-8-13/h13-15H,2-12,16H2,1H3. The molecule has 0 spiro atoms. The van der Waals surface area contributed by atoms with Crippen LogP contribution in [0.4, 0.5) is 0 Å². The van der Waals surface area contributed by atoms with E-state index in [1.54, 1.807) is 0 Å². The zero-order chi connectivity index (χ0) is 12.8. The Morgan fingerprint density at radius 2 is 1.94 bits per heavy atom. The number of rotatable bonds is 6. The summed E-state index contributed by atoms with van der Waals surface area (Å²) in [5.41, 5.74) is 6.42. The second kappa shape index (κ2) is 7.46. The monoisotopic (exact) mass is 254 g/mol. The summed E-state index contributed by atoms with van der Waals surface area (Å²) in [6.07, 6.45) is 9.80. The Balaban J connectivity index is 1.73. The Labute approximate surface area is 112 Å². The van der Waals surface area contributed by atoms with Crippen LogP contribution in [0.15, 0.2) is 0 Å². The molecule has 2 rings (SSSR count). The molecule has 1 aliphatic carbocycles. The van der Waals surface area contributed by atoms with E-state index in [0.717, 1.165) is 32.2 Å². The predicted molar refractivity (Wildman–Crippen MR) is 75.6 cm³/mol. The van der Waals surface area contributed by atoms with E-state index in [4.69, 9.17) is 10.5 Å². The van der Waals surface area contributed by atoms with Gasteiger partial charge in [0.25, 0.3) is 0 Å². The van der Waals surface area contributed by atoms with Gasteiger partial charge in [-0.2, -0.15) is 0 Å². The molecule has 18 heavy (non-hydrogen) atoms. The Kier molecular flexibility index (Phi) is 5.93. The zero-order valence-electron chi connectivity index (χ0n) is 11.9. The maximum atomic E-state index is 6.42. The minimum Gasteiger partial charge on any atom is -0.377 e. The summed E-state index contributed by atoms with van der Waals surface area (Å²) in [7, 11) is 0. The van der Waals surface area contributed by atoms with Crippen molar-refractivity contribution < 1.29 is 4.74 Å². The Morgan fingerprint density at radius 1 is 1.17 bits per heavy atom. The summed E-state index contributed by atoms with van der Waals surface area (Å²) in [5.74, 6) is 0.761. The molecule has 2 atom stereocenters. The third-order valence-electron chi connectivity index (χ3n) is 4.66. The molecule has 1 heterocycles. The third-order valence-corrected chi connectivity index (χ3v) is 4.66. The highest BCUT2D eigenvalue weighted by Gasteiger charge is 2.24. The molecule has 2 aliphatic rings. The van der Waals surface area contributed by atoms with Crippen LogP contribution in [-0.4, -0.2) is 43.3 Å². The topological polar surface area (TPSA) is 38.5 Å². The molecule has 1 saturated heterocycles. The van der Waals surface area contributed by atoms with Crippen molar-refractivity contribution in [2.24, 2.45) is 11.7 Å². The van der Waals surface area contributed by atoms with Gasteiger partial charge in [-0.05, 0) is 38.1 Å². The first-order valence-corrected chi connectivity index (χ1v) is 7.89. The van der Waals surface area contributed by atoms with Crippen molar-refractivity contribution >= 4 is 0 Å². The molecule has 1 aliphatic heterocycles. The molecule has 1 saturated carbocycles. The molecule has 0 aromatic rings. The second-order valence-electron chi connectivity index (χ2n) is 6.05. The quantitative estimate of drug-likeness (QED) is 0.791. The van der Waals surface area contributed by atoms with Gasteiger partial charge in [0, 0.05) is 25.7 Å². The molecule has 3 heteroatoms. The van der Waals surface area contributed by atoms with Gasteiger partial charge in [0.2, 0.25) is 0 Å². The van der Waals surface area contributed by atoms with Gasteiger partial charge < -0.3 is 10.5 Å². The number of nitrogens with two attached hydrogens (primary N) is 1. The van der Waals surface area contributed by atoms with Crippen molar-refractivity contribution in [2.45, 2.75) is 64.0 Å². The van der Waals surface area contributed by atoms with Crippen molar-refractivity contribution in [3.05, 3.63) is 0 Å². The van der Waals surface area contributed by atoms with Crippen LogP contribution < -0.4 is 5.73 Å². The van der Waals surface area contributed by atoms with Gasteiger partial charge in [-0.1, -0.05) is 26.2 Å². The molecule has 2 unspecified atom stereocenters. The van der Waals surface area contributed by atoms with Crippen molar-refractivity contribution in [2.75, 3.05) is 26.2 Å². The molecule has 0 bridgehead atoms. The Bertz CT molecular complexity index is 223. The normalized spacial score (nSPS) is 27.8. The molecule has 2 fully saturated rings. The van der Waals surface area contributed by atoms with Gasteiger partial charge in [0.15, 0.2) is 0 Å². The van der Waals surface area contributed by atoms with E-state index >= 15 is 0 Å². The van der Waals surface area contributed by atoms with Crippen LogP contribution in [0.1, 0.15) is 51.9 Å². The first kappa shape index (κ1) is 14.3. The molecular weight excluding hydrogens is 224 g/mol. The summed E-state index contributed by atoms with van der Waals surface area (Å²) < 4.78 is 5.73. The lowest BCUT2D eigenvalue weighted by atomic mass is 9.84. The molecule has 0 radical (unpaired) electrons. The summed E-state index contributed by atoms with van der Waals surface area (Å²) in [5, 5.41) is 0. The highest BCUT2D eigenvalue weighted by molar-refractivity contribution is 4.80. The van der Waals surface area contributed by atoms with Crippen LogP contribution in [0, 0.1) is 5.92 Å². The molecule has 0 aromatic carbocycles. The summed E-state index contributed by atoms with van der Waals surface area (Å²) in [4.78, 5) is 2.50. The van der Waals surface area contributed by atoms with Gasteiger partial charge in [0.05, 0.1) is 6.10 Å². The maximum absolute atomic E-state index is 6.42. The van der Waals surface area contributed by atoms with Crippen molar-refractivity contribution in [3.63, 3.8) is 0 Å². The lowest BCUT2D eigenvalue weighted by molar-refractivity contribution is 0.0695. The van der Waals surface area contributed by atoms with Crippen molar-refractivity contribution in [1.82, 2.24) is 4.90 Å². The first-order chi connectivity index (χ1) is 8.79. The third kappa shape index (κ3) is 4.22. The number of ether oxygens (including phenoxy) is 1. The number of likely N-dealkylation sites (N-methyl/N-ethyl adjacent to an activating group) is 1. The van der Waals surface area contributed by atoms with E-state index in [2.05, 4.69) is 11.8 Å². The van der Waals surface area contributed by atoms with Gasteiger partial charge >= 0.3 is 0 Å². The van der Waals surface area contributed by atoms with Gasteiger partial charge in [0.1, 0.15) is 0 Å². The van der Waals surface area contributed by atoms with Crippen molar-refractivity contribution in [1.29, 1.82) is 0 Å². The highest BCUT2D eigenvalue weighted by Crippen LogP contribution is 2.26. The lowest BCUT2D eigenvalue weighted by Gasteiger charge is -2.32. The fraction of sp³-hybridized carbons (Fsp3) is 1.00. The Morgan fingerprint density at radius 3 is 2.56 bits per heavy atom. The number of hydrogen-bond donors (Lipinski definition) is 1. The zero-order valence-corrected chi connectivity index (χ0v) is 11.9. The molecule has 0 aromatic heterocycles. The van der Waals surface area contributed by atoms with E-state index in [1.807, 2.05) is 0 Å². The SMILES string of the molecule is CCN(CC1CCCO1)CC(N)C1CCCCC1. The lowest BCUT2D eigenvalue weighted by Crippen LogP contribution is -2.45. The minimum atomic E-state index is 0.367. The molecule has 3 nitrogen and oxygen atoms in total. The molecular formula is C15H30N2O. The van der Waals surface area contributed by atoms with E-state index < -0.39 is 0 Å². The van der Waals surface area contributed by atoms with Crippen molar-refractivity contribution in [3.8, 4) is 0 Å². The van der Waals surface area contributed by atoms with Crippen LogP contribution in [0.25, 0.3) is 0 Å².